The maximum absolute atomic E-state index is 7.83. The molecule has 0 bridgehead atoms. The van der Waals surface area contributed by atoms with E-state index in [0.717, 1.165) is 17.7 Å². The first-order valence-electron chi connectivity index (χ1n) is 5.73. The highest BCUT2D eigenvalue weighted by Gasteiger charge is 2.13. The van der Waals surface area contributed by atoms with Crippen LogP contribution in [0, 0.1) is 5.41 Å². The van der Waals surface area contributed by atoms with E-state index in [1.54, 1.807) is 4.90 Å². The number of hydrogen-bond acceptors (Lipinski definition) is 1. The van der Waals surface area contributed by atoms with Crippen molar-refractivity contribution < 1.29 is 0 Å². The van der Waals surface area contributed by atoms with Gasteiger partial charge in [0.05, 0.1) is 10.7 Å². The Morgan fingerprint density at radius 2 is 2.06 bits per heavy atom. The van der Waals surface area contributed by atoms with E-state index >= 15 is 0 Å². The molecule has 98 valence electrons. The Morgan fingerprint density at radius 3 is 2.50 bits per heavy atom. The minimum Gasteiger partial charge on any atom is -0.370 e. The summed E-state index contributed by atoms with van der Waals surface area (Å²) >= 11 is 6.21. The number of nitrogens with one attached hydrogen (secondary N) is 1. The number of rotatable bonds is 3. The van der Waals surface area contributed by atoms with Crippen molar-refractivity contribution in [2.45, 2.75) is 20.3 Å². The molecule has 0 heterocycles. The van der Waals surface area contributed by atoms with E-state index in [2.05, 4.69) is 11.9 Å². The van der Waals surface area contributed by atoms with Crippen LogP contribution in [0.15, 0.2) is 23.2 Å². The summed E-state index contributed by atoms with van der Waals surface area (Å²) in [4.78, 5) is 5.37. The van der Waals surface area contributed by atoms with Crippen molar-refractivity contribution in [2.24, 2.45) is 16.5 Å². The van der Waals surface area contributed by atoms with Gasteiger partial charge in [0.15, 0.2) is 5.96 Å². The van der Waals surface area contributed by atoms with Crippen LogP contribution in [-0.4, -0.2) is 18.5 Å². The van der Waals surface area contributed by atoms with E-state index in [-0.39, 0.29) is 11.9 Å². The molecule has 0 aromatic heterocycles. The van der Waals surface area contributed by atoms with E-state index in [4.69, 9.17) is 28.5 Å². The second-order valence-corrected chi connectivity index (χ2v) is 4.15. The summed E-state index contributed by atoms with van der Waals surface area (Å²) in [5, 5.41) is 8.42. The molecular weight excluding hydrogens is 250 g/mol. The molecule has 6 heteroatoms. The molecule has 1 aromatic rings. The molecule has 5 N–H and O–H groups in total. The normalized spacial score (nSPS) is 9.94. The molecule has 0 atom stereocenters. The molecule has 0 fully saturated rings. The van der Waals surface area contributed by atoms with Gasteiger partial charge in [-0.1, -0.05) is 24.6 Å². The summed E-state index contributed by atoms with van der Waals surface area (Å²) in [5.41, 5.74) is 12.4. The first kappa shape index (κ1) is 14.3. The minimum absolute atomic E-state index is 0.0244. The lowest BCUT2D eigenvalue weighted by Gasteiger charge is -2.22. The number of nitrogens with two attached hydrogens (primary N) is 2. The number of aliphatic imine (C=N–C) groups is 1. The third-order valence-electron chi connectivity index (χ3n) is 2.52. The quantitative estimate of drug-likeness (QED) is 0.577. The Kier molecular flexibility index (Phi) is 4.97. The molecule has 0 aliphatic rings. The van der Waals surface area contributed by atoms with Crippen LogP contribution in [0.2, 0.25) is 5.02 Å². The van der Waals surface area contributed by atoms with Gasteiger partial charge in [-0.2, -0.15) is 4.99 Å². The van der Waals surface area contributed by atoms with Crippen LogP contribution in [0.4, 0.5) is 5.69 Å². The number of guanidine groups is 2. The van der Waals surface area contributed by atoms with Crippen molar-refractivity contribution in [3.8, 4) is 0 Å². The number of nitrogens with zero attached hydrogens (tertiary/aromatic N) is 2. The largest absolute Gasteiger partial charge is 0.370 e. The fraction of sp³-hybridized carbons (Fsp3) is 0.333. The topological polar surface area (TPSA) is 91.5 Å². The second kappa shape index (κ2) is 6.26. The van der Waals surface area contributed by atoms with Gasteiger partial charge in [-0.3, -0.25) is 5.41 Å². The van der Waals surface area contributed by atoms with Crippen LogP contribution in [0.25, 0.3) is 0 Å². The third-order valence-corrected chi connectivity index (χ3v) is 2.82. The van der Waals surface area contributed by atoms with Gasteiger partial charge < -0.3 is 16.4 Å². The van der Waals surface area contributed by atoms with Gasteiger partial charge in [-0.05, 0) is 31.0 Å². The van der Waals surface area contributed by atoms with Gasteiger partial charge in [0, 0.05) is 6.54 Å². The van der Waals surface area contributed by atoms with E-state index < -0.39 is 0 Å². The molecule has 0 unspecified atom stereocenters. The smallest absolute Gasteiger partial charge is 0.225 e. The summed E-state index contributed by atoms with van der Waals surface area (Å²) in [5.74, 6) is -0.164. The number of hydrogen-bond donors (Lipinski definition) is 3. The van der Waals surface area contributed by atoms with E-state index in [0.29, 0.717) is 11.6 Å². The molecule has 0 saturated heterocycles. The molecule has 0 saturated carbocycles. The number of benzene rings is 1. The average molecular weight is 268 g/mol. The molecule has 1 rings (SSSR count). The Hall–Kier alpha value is -1.75. The first-order valence-corrected chi connectivity index (χ1v) is 6.11. The highest BCUT2D eigenvalue weighted by atomic mass is 35.5. The van der Waals surface area contributed by atoms with Gasteiger partial charge in [0.25, 0.3) is 0 Å². The standard InChI is InChI=1S/C12H18ClN5/c1-3-8-5-6-10(9(13)7-8)18(4-2)12(16)17-11(14)15/h5-7H,3-4H2,1-2H3,(H5,14,15,16,17). The van der Waals surface area contributed by atoms with Crippen LogP contribution < -0.4 is 16.4 Å². The zero-order chi connectivity index (χ0) is 13.7. The number of aryl methyl sites for hydroxylation is 1. The predicted molar refractivity (Wildman–Crippen MR) is 77.4 cm³/mol. The van der Waals surface area contributed by atoms with E-state index in [1.165, 1.54) is 0 Å². The molecule has 0 aliphatic heterocycles. The Bertz CT molecular complexity index is 466. The molecule has 0 radical (unpaired) electrons. The molecule has 0 aliphatic carbocycles. The van der Waals surface area contributed by atoms with Crippen molar-refractivity contribution in [1.29, 1.82) is 5.41 Å². The summed E-state index contributed by atoms with van der Waals surface area (Å²) in [6.45, 7) is 4.52. The predicted octanol–water partition coefficient (Wildman–Crippen LogP) is 1.94. The Balaban J connectivity index is 3.09. The second-order valence-electron chi connectivity index (χ2n) is 3.74. The maximum atomic E-state index is 7.83. The van der Waals surface area contributed by atoms with Crippen molar-refractivity contribution in [1.82, 2.24) is 0 Å². The van der Waals surface area contributed by atoms with Gasteiger partial charge in [0.2, 0.25) is 5.96 Å². The molecular formula is C12H18ClN5. The lowest BCUT2D eigenvalue weighted by Crippen LogP contribution is -2.33. The minimum atomic E-state index is -0.139. The Labute approximate surface area is 112 Å². The van der Waals surface area contributed by atoms with Crippen LogP contribution >= 0.6 is 11.6 Å². The van der Waals surface area contributed by atoms with Crippen molar-refractivity contribution in [3.63, 3.8) is 0 Å². The zero-order valence-corrected chi connectivity index (χ0v) is 11.3. The van der Waals surface area contributed by atoms with Crippen LogP contribution in [0.5, 0.6) is 0 Å². The van der Waals surface area contributed by atoms with Gasteiger partial charge in [0.1, 0.15) is 0 Å². The Morgan fingerprint density at radius 1 is 1.39 bits per heavy atom. The maximum Gasteiger partial charge on any atom is 0.225 e. The van der Waals surface area contributed by atoms with Crippen molar-refractivity contribution >= 4 is 29.2 Å². The van der Waals surface area contributed by atoms with Crippen molar-refractivity contribution in [2.75, 3.05) is 11.4 Å². The number of halogens is 1. The summed E-state index contributed by atoms with van der Waals surface area (Å²) in [6, 6.07) is 5.75. The fourth-order valence-electron chi connectivity index (χ4n) is 1.61. The molecule has 0 amide bonds. The highest BCUT2D eigenvalue weighted by Crippen LogP contribution is 2.27. The monoisotopic (exact) mass is 267 g/mol. The lowest BCUT2D eigenvalue weighted by atomic mass is 10.1. The molecule has 0 spiro atoms. The van der Waals surface area contributed by atoms with Crippen LogP contribution in [0.1, 0.15) is 19.4 Å². The summed E-state index contributed by atoms with van der Waals surface area (Å²) in [6.07, 6.45) is 0.914. The average Bonchev–Trinajstić information content (AvgIpc) is 2.31. The summed E-state index contributed by atoms with van der Waals surface area (Å²) in [7, 11) is 0. The third kappa shape index (κ3) is 3.37. The van der Waals surface area contributed by atoms with E-state index in [9.17, 15) is 0 Å². The van der Waals surface area contributed by atoms with Gasteiger partial charge >= 0.3 is 0 Å². The fourth-order valence-corrected chi connectivity index (χ4v) is 1.91. The van der Waals surface area contributed by atoms with Gasteiger partial charge in [-0.15, -0.1) is 0 Å². The molecule has 18 heavy (non-hydrogen) atoms. The van der Waals surface area contributed by atoms with E-state index in [1.807, 2.05) is 25.1 Å². The van der Waals surface area contributed by atoms with Crippen LogP contribution in [-0.2, 0) is 6.42 Å². The zero-order valence-electron chi connectivity index (χ0n) is 10.6. The number of anilines is 1. The lowest BCUT2D eigenvalue weighted by molar-refractivity contribution is 1.03. The van der Waals surface area contributed by atoms with Crippen LogP contribution in [0.3, 0.4) is 0 Å². The SMILES string of the molecule is CCc1ccc(N(CC)C(=N)N=C(N)N)c(Cl)c1. The molecule has 5 nitrogen and oxygen atoms in total. The summed E-state index contributed by atoms with van der Waals surface area (Å²) < 4.78 is 0. The first-order chi connectivity index (χ1) is 8.49. The molecule has 1 aromatic carbocycles. The van der Waals surface area contributed by atoms with Crippen molar-refractivity contribution in [3.05, 3.63) is 28.8 Å². The highest BCUT2D eigenvalue weighted by molar-refractivity contribution is 6.34. The van der Waals surface area contributed by atoms with Gasteiger partial charge in [-0.25, -0.2) is 0 Å².